The number of hydrogen-bond donors (Lipinski definition) is 1. The first-order chi connectivity index (χ1) is 14.2. The molecule has 0 saturated carbocycles. The molecule has 1 aromatic carbocycles. The van der Waals surface area contributed by atoms with Crippen molar-refractivity contribution in [2.45, 2.75) is 33.1 Å². The Labute approximate surface area is 173 Å². The van der Waals surface area contributed by atoms with E-state index in [1.807, 2.05) is 25.1 Å². The van der Waals surface area contributed by atoms with Crippen LogP contribution in [0.3, 0.4) is 0 Å². The maximum atomic E-state index is 6.58. The second-order valence-electron chi connectivity index (χ2n) is 6.60. The molecule has 0 aliphatic heterocycles. The molecule has 4 aromatic rings. The lowest BCUT2D eigenvalue weighted by molar-refractivity contribution is 0.415. The molecule has 3 heterocycles. The minimum atomic E-state index is 0.158. The molecule has 0 unspecified atom stereocenters. The predicted octanol–water partition coefficient (Wildman–Crippen LogP) is 6.11. The van der Waals surface area contributed by atoms with Crippen molar-refractivity contribution < 1.29 is 9.47 Å². The minimum Gasteiger partial charge on any atom is -0.438 e. The highest BCUT2D eigenvalue weighted by atomic mass is 35.5. The fraction of sp³-hybridized carbons (Fsp3) is 0.227. The van der Waals surface area contributed by atoms with Crippen molar-refractivity contribution in [3.8, 4) is 23.4 Å². The van der Waals surface area contributed by atoms with Crippen LogP contribution in [0, 0.1) is 0 Å². The number of nitrogens with one attached hydrogen (secondary N) is 1. The van der Waals surface area contributed by atoms with Gasteiger partial charge in [-0.05, 0) is 42.7 Å². The van der Waals surface area contributed by atoms with E-state index < -0.39 is 0 Å². The fourth-order valence-corrected chi connectivity index (χ4v) is 3.45. The van der Waals surface area contributed by atoms with Gasteiger partial charge in [-0.2, -0.15) is 9.97 Å². The number of H-pyrrole nitrogens is 1. The molecule has 7 heteroatoms. The van der Waals surface area contributed by atoms with E-state index in [1.165, 1.54) is 5.56 Å². The highest BCUT2D eigenvalue weighted by Gasteiger charge is 2.19. The van der Waals surface area contributed by atoms with E-state index in [4.69, 9.17) is 21.1 Å². The number of nitrogens with zero attached hydrogens (tertiary/aromatic N) is 3. The van der Waals surface area contributed by atoms with E-state index in [0.29, 0.717) is 33.4 Å². The number of pyridine rings is 1. The van der Waals surface area contributed by atoms with Gasteiger partial charge in [0, 0.05) is 11.9 Å². The Morgan fingerprint density at radius 2 is 1.90 bits per heavy atom. The molecule has 0 fully saturated rings. The first kappa shape index (κ1) is 19.2. The maximum Gasteiger partial charge on any atom is 0.327 e. The normalized spacial score (nSPS) is 11.0. The summed E-state index contributed by atoms with van der Waals surface area (Å²) >= 11 is 6.58. The van der Waals surface area contributed by atoms with Crippen LogP contribution in [-0.4, -0.2) is 19.9 Å². The van der Waals surface area contributed by atoms with Crippen LogP contribution in [0.5, 0.6) is 23.4 Å². The van der Waals surface area contributed by atoms with E-state index in [2.05, 4.69) is 32.9 Å². The van der Waals surface area contributed by atoms with Gasteiger partial charge >= 0.3 is 6.01 Å². The zero-order chi connectivity index (χ0) is 20.2. The molecular formula is C22H21ClN4O2. The van der Waals surface area contributed by atoms with Crippen molar-refractivity contribution in [1.29, 1.82) is 0 Å². The van der Waals surface area contributed by atoms with E-state index in [1.54, 1.807) is 24.5 Å². The second-order valence-corrected chi connectivity index (χ2v) is 6.97. The summed E-state index contributed by atoms with van der Waals surface area (Å²) in [7, 11) is 0. The van der Waals surface area contributed by atoms with Crippen LogP contribution in [0.15, 0.2) is 48.8 Å². The van der Waals surface area contributed by atoms with Gasteiger partial charge in [-0.1, -0.05) is 44.0 Å². The first-order valence-electron chi connectivity index (χ1n) is 9.60. The second kappa shape index (κ2) is 8.49. The van der Waals surface area contributed by atoms with Gasteiger partial charge < -0.3 is 14.5 Å². The molecule has 0 atom stereocenters. The summed E-state index contributed by atoms with van der Waals surface area (Å²) in [5, 5.41) is 1.21. The smallest absolute Gasteiger partial charge is 0.327 e. The number of ether oxygens (including phenoxy) is 2. The van der Waals surface area contributed by atoms with E-state index >= 15 is 0 Å². The van der Waals surface area contributed by atoms with Crippen LogP contribution in [0.25, 0.3) is 11.0 Å². The Morgan fingerprint density at radius 1 is 1.03 bits per heavy atom. The third kappa shape index (κ3) is 4.17. The molecule has 0 aliphatic rings. The molecule has 4 rings (SSSR count). The third-order valence-corrected chi connectivity index (χ3v) is 4.87. The predicted molar refractivity (Wildman–Crippen MR) is 113 cm³/mol. The summed E-state index contributed by atoms with van der Waals surface area (Å²) < 4.78 is 11.9. The fourth-order valence-electron chi connectivity index (χ4n) is 3.10. The van der Waals surface area contributed by atoms with E-state index in [0.717, 1.165) is 25.0 Å². The van der Waals surface area contributed by atoms with Gasteiger partial charge in [-0.25, -0.2) is 0 Å². The number of aromatic nitrogens is 4. The standard InChI is InChI=1S/C22H21ClN4O2/c1-3-7-14-8-5-9-15(12-14)28-21-18-19(23)17(4-2)25-20(18)26-22(27-21)29-16-10-6-11-24-13-16/h5-6,8-13H,3-4,7H2,1-2H3,(H,25,26,27). The van der Waals surface area contributed by atoms with Crippen LogP contribution in [0.4, 0.5) is 0 Å². The Hall–Kier alpha value is -3.12. The summed E-state index contributed by atoms with van der Waals surface area (Å²) in [6, 6.07) is 11.7. The first-order valence-corrected chi connectivity index (χ1v) is 9.98. The molecule has 3 aromatic heterocycles. The van der Waals surface area contributed by atoms with Crippen LogP contribution < -0.4 is 9.47 Å². The zero-order valence-electron chi connectivity index (χ0n) is 16.3. The average Bonchev–Trinajstić information content (AvgIpc) is 3.05. The summed E-state index contributed by atoms with van der Waals surface area (Å²) in [5.41, 5.74) is 2.65. The lowest BCUT2D eigenvalue weighted by atomic mass is 10.1. The molecule has 0 aliphatic carbocycles. The topological polar surface area (TPSA) is 72.9 Å². The van der Waals surface area contributed by atoms with Crippen molar-refractivity contribution >= 4 is 22.6 Å². The Balaban J connectivity index is 1.77. The van der Waals surface area contributed by atoms with Gasteiger partial charge in [0.15, 0.2) is 0 Å². The van der Waals surface area contributed by atoms with Crippen LogP contribution in [0.1, 0.15) is 31.5 Å². The number of fused-ring (bicyclic) bond motifs is 1. The van der Waals surface area contributed by atoms with Gasteiger partial charge in [0.05, 0.1) is 11.2 Å². The highest BCUT2D eigenvalue weighted by molar-refractivity contribution is 6.36. The van der Waals surface area contributed by atoms with Crippen LogP contribution in [0.2, 0.25) is 5.02 Å². The third-order valence-electron chi connectivity index (χ3n) is 4.46. The van der Waals surface area contributed by atoms with Crippen LogP contribution >= 0.6 is 11.6 Å². The summed E-state index contributed by atoms with van der Waals surface area (Å²) in [5.74, 6) is 1.58. The Kier molecular flexibility index (Phi) is 5.62. The van der Waals surface area contributed by atoms with E-state index in [9.17, 15) is 0 Å². The lowest BCUT2D eigenvalue weighted by Crippen LogP contribution is -1.97. The highest BCUT2D eigenvalue weighted by Crippen LogP contribution is 2.37. The quantitative estimate of drug-likeness (QED) is 0.399. The zero-order valence-corrected chi connectivity index (χ0v) is 17.0. The SMILES string of the molecule is CCCc1cccc(Oc2nc(Oc3cccnc3)nc3[nH]c(CC)c(Cl)c23)c1. The number of aromatic amines is 1. The van der Waals surface area contributed by atoms with Gasteiger partial charge in [0.1, 0.15) is 22.5 Å². The molecule has 0 bridgehead atoms. The molecule has 0 amide bonds. The maximum absolute atomic E-state index is 6.58. The molecule has 6 nitrogen and oxygen atoms in total. The van der Waals surface area contributed by atoms with Gasteiger partial charge in [0.2, 0.25) is 5.88 Å². The lowest BCUT2D eigenvalue weighted by Gasteiger charge is -2.10. The van der Waals surface area contributed by atoms with E-state index in [-0.39, 0.29) is 6.01 Å². The van der Waals surface area contributed by atoms with Gasteiger partial charge in [0.25, 0.3) is 0 Å². The Morgan fingerprint density at radius 3 is 2.66 bits per heavy atom. The van der Waals surface area contributed by atoms with Crippen LogP contribution in [-0.2, 0) is 12.8 Å². The number of benzene rings is 1. The summed E-state index contributed by atoms with van der Waals surface area (Å²) in [6.45, 7) is 4.17. The molecule has 1 N–H and O–H groups in total. The summed E-state index contributed by atoms with van der Waals surface area (Å²) in [6.07, 6.45) is 6.05. The molecule has 0 saturated heterocycles. The molecule has 29 heavy (non-hydrogen) atoms. The van der Waals surface area contributed by atoms with Gasteiger partial charge in [-0.15, -0.1) is 0 Å². The van der Waals surface area contributed by atoms with Crippen molar-refractivity contribution in [2.24, 2.45) is 0 Å². The van der Waals surface area contributed by atoms with Crippen molar-refractivity contribution in [3.05, 3.63) is 65.1 Å². The van der Waals surface area contributed by atoms with Crippen molar-refractivity contribution in [1.82, 2.24) is 19.9 Å². The average molecular weight is 409 g/mol. The number of hydrogen-bond acceptors (Lipinski definition) is 5. The molecule has 148 valence electrons. The summed E-state index contributed by atoms with van der Waals surface area (Å²) in [4.78, 5) is 16.2. The number of aryl methyl sites for hydroxylation is 2. The Bertz CT molecular complexity index is 1130. The number of rotatable bonds is 7. The van der Waals surface area contributed by atoms with Crippen molar-refractivity contribution in [3.63, 3.8) is 0 Å². The monoisotopic (exact) mass is 408 g/mol. The molecule has 0 radical (unpaired) electrons. The number of halogens is 1. The van der Waals surface area contributed by atoms with Crippen molar-refractivity contribution in [2.75, 3.05) is 0 Å². The van der Waals surface area contributed by atoms with Gasteiger partial charge in [-0.3, -0.25) is 4.98 Å². The molecular weight excluding hydrogens is 388 g/mol. The minimum absolute atomic E-state index is 0.158. The molecule has 0 spiro atoms. The largest absolute Gasteiger partial charge is 0.438 e.